The summed E-state index contributed by atoms with van der Waals surface area (Å²) in [5.74, 6) is 0.0978. The minimum atomic E-state index is -0.295. The third kappa shape index (κ3) is 1.97. The van der Waals surface area contributed by atoms with Gasteiger partial charge in [0.15, 0.2) is 5.82 Å². The van der Waals surface area contributed by atoms with E-state index >= 15 is 0 Å². The number of rotatable bonds is 1. The van der Waals surface area contributed by atoms with E-state index < -0.39 is 0 Å². The van der Waals surface area contributed by atoms with Crippen LogP contribution in [0.4, 0.5) is 10.2 Å². The van der Waals surface area contributed by atoms with Crippen LogP contribution >= 0.6 is 0 Å². The molecule has 0 bridgehead atoms. The van der Waals surface area contributed by atoms with E-state index in [2.05, 4.69) is 10.1 Å². The van der Waals surface area contributed by atoms with E-state index in [0.717, 1.165) is 16.7 Å². The van der Waals surface area contributed by atoms with E-state index in [1.165, 1.54) is 17.1 Å². The molecule has 0 saturated carbocycles. The van der Waals surface area contributed by atoms with E-state index in [0.29, 0.717) is 17.8 Å². The number of aryl methyl sites for hydroxylation is 1. The molecule has 1 aliphatic heterocycles. The molecule has 2 heterocycles. The summed E-state index contributed by atoms with van der Waals surface area (Å²) >= 11 is 0. The minimum absolute atomic E-state index is 0.0918. The lowest BCUT2D eigenvalue weighted by molar-refractivity contribution is -0.116. The molecule has 96 valence electrons. The van der Waals surface area contributed by atoms with Crippen molar-refractivity contribution < 1.29 is 9.18 Å². The number of nitrogens with zero attached hydrogens (tertiary/aromatic N) is 3. The molecule has 0 fully saturated rings. The third-order valence-electron chi connectivity index (χ3n) is 3.10. The highest BCUT2D eigenvalue weighted by atomic mass is 19.1. The normalized spacial score (nSPS) is 15.2. The number of carbonyl (C=O) groups excluding carboxylic acids is 1. The van der Waals surface area contributed by atoms with Crippen LogP contribution in [0.25, 0.3) is 10.9 Å². The van der Waals surface area contributed by atoms with Gasteiger partial charge in [-0.3, -0.25) is 4.79 Å². The van der Waals surface area contributed by atoms with E-state index in [4.69, 9.17) is 0 Å². The Balaban J connectivity index is 2.16. The molecular formula is C14H12FN3O. The average molecular weight is 257 g/mol. The van der Waals surface area contributed by atoms with Crippen LogP contribution in [0.15, 0.2) is 29.4 Å². The Morgan fingerprint density at radius 3 is 2.74 bits per heavy atom. The molecule has 2 aromatic rings. The zero-order chi connectivity index (χ0) is 13.6. The number of hydrazone groups is 1. The van der Waals surface area contributed by atoms with Gasteiger partial charge in [-0.15, -0.1) is 0 Å². The number of carbonyl (C=O) groups is 1. The molecule has 0 atom stereocenters. The summed E-state index contributed by atoms with van der Waals surface area (Å²) in [5.41, 5.74) is 2.29. The Hall–Kier alpha value is -2.30. The average Bonchev–Trinajstić information content (AvgIpc) is 2.69. The number of halogens is 1. The van der Waals surface area contributed by atoms with Gasteiger partial charge in [-0.25, -0.2) is 9.37 Å². The number of aromatic nitrogens is 1. The second-order valence-electron chi connectivity index (χ2n) is 4.68. The maximum atomic E-state index is 13.2. The molecule has 4 nitrogen and oxygen atoms in total. The van der Waals surface area contributed by atoms with Crippen molar-refractivity contribution in [3.05, 3.63) is 35.6 Å². The SMILES string of the molecule is CC1=NN(c2cc(C)c3cc(F)ccc3n2)C(=O)C1. The largest absolute Gasteiger partial charge is 0.272 e. The van der Waals surface area contributed by atoms with Crippen LogP contribution in [0, 0.1) is 12.7 Å². The Morgan fingerprint density at radius 1 is 1.26 bits per heavy atom. The van der Waals surface area contributed by atoms with Crippen molar-refractivity contribution in [2.45, 2.75) is 20.3 Å². The van der Waals surface area contributed by atoms with Gasteiger partial charge in [0, 0.05) is 11.1 Å². The lowest BCUT2D eigenvalue weighted by atomic mass is 10.1. The van der Waals surface area contributed by atoms with Crippen LogP contribution in [-0.2, 0) is 4.79 Å². The van der Waals surface area contributed by atoms with Crippen LogP contribution in [0.2, 0.25) is 0 Å². The lowest BCUT2D eigenvalue weighted by Crippen LogP contribution is -2.20. The summed E-state index contributed by atoms with van der Waals surface area (Å²) in [4.78, 5) is 16.2. The fraction of sp³-hybridized carbons (Fsp3) is 0.214. The van der Waals surface area contributed by atoms with Gasteiger partial charge in [0.05, 0.1) is 11.9 Å². The van der Waals surface area contributed by atoms with Crippen LogP contribution in [0.3, 0.4) is 0 Å². The molecule has 0 N–H and O–H groups in total. The number of anilines is 1. The van der Waals surface area contributed by atoms with Crippen molar-refractivity contribution in [1.29, 1.82) is 0 Å². The van der Waals surface area contributed by atoms with Crippen molar-refractivity contribution in [3.8, 4) is 0 Å². The maximum absolute atomic E-state index is 13.2. The molecule has 1 amide bonds. The predicted molar refractivity (Wildman–Crippen MR) is 71.7 cm³/mol. The van der Waals surface area contributed by atoms with Gasteiger partial charge < -0.3 is 0 Å². The molecule has 1 aromatic heterocycles. The number of fused-ring (bicyclic) bond motifs is 1. The Morgan fingerprint density at radius 2 is 2.05 bits per heavy atom. The van der Waals surface area contributed by atoms with Crippen molar-refractivity contribution in [3.63, 3.8) is 0 Å². The van der Waals surface area contributed by atoms with E-state index in [1.807, 2.05) is 6.92 Å². The van der Waals surface area contributed by atoms with Gasteiger partial charge in [-0.1, -0.05) is 0 Å². The molecular weight excluding hydrogens is 245 g/mol. The second-order valence-corrected chi connectivity index (χ2v) is 4.68. The first-order chi connectivity index (χ1) is 9.04. The summed E-state index contributed by atoms with van der Waals surface area (Å²) in [6.07, 6.45) is 0.322. The van der Waals surface area contributed by atoms with Gasteiger partial charge in [0.2, 0.25) is 0 Å². The van der Waals surface area contributed by atoms with E-state index in [9.17, 15) is 9.18 Å². The summed E-state index contributed by atoms with van der Waals surface area (Å²) in [7, 11) is 0. The van der Waals surface area contributed by atoms with Crippen molar-refractivity contribution >= 4 is 28.3 Å². The summed E-state index contributed by atoms with van der Waals surface area (Å²) < 4.78 is 13.2. The molecule has 1 aliphatic rings. The van der Waals surface area contributed by atoms with Crippen molar-refractivity contribution in [2.75, 3.05) is 5.01 Å². The highest BCUT2D eigenvalue weighted by Gasteiger charge is 2.24. The van der Waals surface area contributed by atoms with Crippen molar-refractivity contribution in [1.82, 2.24) is 4.98 Å². The predicted octanol–water partition coefficient (Wildman–Crippen LogP) is 2.79. The lowest BCUT2D eigenvalue weighted by Gasteiger charge is -2.13. The monoisotopic (exact) mass is 257 g/mol. The fourth-order valence-electron chi connectivity index (χ4n) is 2.19. The first-order valence-corrected chi connectivity index (χ1v) is 5.98. The number of pyridine rings is 1. The van der Waals surface area contributed by atoms with E-state index in [1.54, 1.807) is 19.1 Å². The van der Waals surface area contributed by atoms with Crippen LogP contribution < -0.4 is 5.01 Å². The molecule has 0 spiro atoms. The topological polar surface area (TPSA) is 45.6 Å². The zero-order valence-corrected chi connectivity index (χ0v) is 10.6. The standard InChI is InChI=1S/C14H12FN3O/c1-8-5-13(18-14(19)6-9(2)17-18)16-12-4-3-10(15)7-11(8)12/h3-5,7H,6H2,1-2H3. The highest BCUT2D eigenvalue weighted by molar-refractivity contribution is 6.12. The Bertz CT molecular complexity index is 724. The number of hydrogen-bond donors (Lipinski definition) is 0. The first kappa shape index (κ1) is 11.8. The molecule has 1 aromatic carbocycles. The minimum Gasteiger partial charge on any atom is -0.272 e. The smallest absolute Gasteiger partial charge is 0.254 e. The maximum Gasteiger partial charge on any atom is 0.254 e. The van der Waals surface area contributed by atoms with Gasteiger partial charge in [0.1, 0.15) is 5.82 Å². The molecule has 3 rings (SSSR count). The molecule has 19 heavy (non-hydrogen) atoms. The summed E-state index contributed by atoms with van der Waals surface area (Å²) in [5, 5.41) is 6.23. The van der Waals surface area contributed by atoms with Gasteiger partial charge in [0.25, 0.3) is 5.91 Å². The van der Waals surface area contributed by atoms with Gasteiger partial charge >= 0.3 is 0 Å². The Labute approximate surface area is 109 Å². The van der Waals surface area contributed by atoms with Crippen LogP contribution in [0.5, 0.6) is 0 Å². The third-order valence-corrected chi connectivity index (χ3v) is 3.10. The molecule has 0 radical (unpaired) electrons. The molecule has 0 unspecified atom stereocenters. The zero-order valence-electron chi connectivity index (χ0n) is 10.6. The summed E-state index contributed by atoms with van der Waals surface area (Å²) in [6, 6.07) is 6.17. The number of amides is 1. The first-order valence-electron chi connectivity index (χ1n) is 5.98. The van der Waals surface area contributed by atoms with Crippen LogP contribution in [0.1, 0.15) is 18.9 Å². The van der Waals surface area contributed by atoms with Crippen LogP contribution in [-0.4, -0.2) is 16.6 Å². The van der Waals surface area contributed by atoms with E-state index in [-0.39, 0.29) is 11.7 Å². The van der Waals surface area contributed by atoms with Gasteiger partial charge in [-0.2, -0.15) is 10.1 Å². The van der Waals surface area contributed by atoms with Crippen molar-refractivity contribution in [2.24, 2.45) is 5.10 Å². The summed E-state index contributed by atoms with van der Waals surface area (Å²) in [6.45, 7) is 3.67. The fourth-order valence-corrected chi connectivity index (χ4v) is 2.19. The molecule has 0 saturated heterocycles. The number of hydrogen-bond acceptors (Lipinski definition) is 3. The highest BCUT2D eigenvalue weighted by Crippen LogP contribution is 2.25. The van der Waals surface area contributed by atoms with Gasteiger partial charge in [-0.05, 0) is 43.7 Å². The molecule has 0 aliphatic carbocycles. The molecule has 5 heteroatoms. The quantitative estimate of drug-likeness (QED) is 0.788. The second kappa shape index (κ2) is 4.12. The number of benzene rings is 1. The Kier molecular flexibility index (Phi) is 2.55.